The van der Waals surface area contributed by atoms with Crippen LogP contribution in [0.1, 0.15) is 117 Å². The number of carbonyl (C=O) groups excluding carboxylic acids is 3. The minimum Gasteiger partial charge on any atom is -0.356 e. The van der Waals surface area contributed by atoms with E-state index in [2.05, 4.69) is 48.9 Å². The Hall–Kier alpha value is -1.85. The minimum absolute atomic E-state index is 0.0705. The van der Waals surface area contributed by atoms with Gasteiger partial charge >= 0.3 is 0 Å². The fourth-order valence-corrected chi connectivity index (χ4v) is 3.30. The summed E-state index contributed by atoms with van der Waals surface area (Å²) in [4.78, 5) is 36.9. The number of rotatable bonds is 21. The first-order chi connectivity index (χ1) is 15.5. The van der Waals surface area contributed by atoms with Gasteiger partial charge in [0.1, 0.15) is 6.04 Å². The molecule has 0 aromatic rings. The summed E-state index contributed by atoms with van der Waals surface area (Å²) in [5, 5.41) is 8.58. The Bertz CT molecular complexity index is 520. The standard InChI is InChI=1S/C26H49N3O3/c1-4-7-10-11-12-13-14-15-16-17-18-25(31)29-23(26(32)28-22-9-6-3)19-20-24(30)27-21-8-5-2/h14-15,23H,4-13,16-22H2,1-3H3,(H,27,30)(H,28,32)(H,29,31)/b15-14+/t23-/m0/s1. The number of amides is 3. The molecule has 0 spiro atoms. The van der Waals surface area contributed by atoms with E-state index in [4.69, 9.17) is 0 Å². The van der Waals surface area contributed by atoms with Gasteiger partial charge in [-0.15, -0.1) is 0 Å². The van der Waals surface area contributed by atoms with Crippen molar-refractivity contribution in [3.05, 3.63) is 12.2 Å². The van der Waals surface area contributed by atoms with Gasteiger partial charge in [0.2, 0.25) is 17.7 Å². The lowest BCUT2D eigenvalue weighted by Gasteiger charge is -2.18. The molecule has 0 radical (unpaired) electrons. The first-order valence-corrected chi connectivity index (χ1v) is 13.0. The summed E-state index contributed by atoms with van der Waals surface area (Å²) in [6.07, 6.45) is 18.3. The van der Waals surface area contributed by atoms with Gasteiger partial charge in [0.25, 0.3) is 0 Å². The fourth-order valence-electron chi connectivity index (χ4n) is 3.30. The maximum absolute atomic E-state index is 12.5. The van der Waals surface area contributed by atoms with Gasteiger partial charge in [-0.05, 0) is 44.9 Å². The molecular formula is C26H49N3O3. The molecule has 3 amide bonds. The van der Waals surface area contributed by atoms with Crippen molar-refractivity contribution < 1.29 is 14.4 Å². The number of carbonyl (C=O) groups is 3. The van der Waals surface area contributed by atoms with Crippen LogP contribution in [0.5, 0.6) is 0 Å². The van der Waals surface area contributed by atoms with Crippen LogP contribution in [0.15, 0.2) is 12.2 Å². The van der Waals surface area contributed by atoms with Crippen molar-refractivity contribution in [3.8, 4) is 0 Å². The Balaban J connectivity index is 4.28. The van der Waals surface area contributed by atoms with Gasteiger partial charge in [-0.3, -0.25) is 14.4 Å². The van der Waals surface area contributed by atoms with Crippen LogP contribution in [0.2, 0.25) is 0 Å². The second-order valence-electron chi connectivity index (χ2n) is 8.57. The van der Waals surface area contributed by atoms with E-state index >= 15 is 0 Å². The second kappa shape index (κ2) is 22.3. The molecular weight excluding hydrogens is 402 g/mol. The third kappa shape index (κ3) is 18.9. The van der Waals surface area contributed by atoms with Gasteiger partial charge in [-0.1, -0.05) is 71.4 Å². The van der Waals surface area contributed by atoms with E-state index in [1.165, 1.54) is 32.1 Å². The lowest BCUT2D eigenvalue weighted by atomic mass is 10.1. The van der Waals surface area contributed by atoms with Crippen LogP contribution < -0.4 is 16.0 Å². The molecule has 3 N–H and O–H groups in total. The van der Waals surface area contributed by atoms with Crippen molar-refractivity contribution in [1.82, 2.24) is 16.0 Å². The van der Waals surface area contributed by atoms with Crippen LogP contribution in [-0.4, -0.2) is 36.9 Å². The summed E-state index contributed by atoms with van der Waals surface area (Å²) in [6.45, 7) is 7.60. The summed E-state index contributed by atoms with van der Waals surface area (Å²) in [7, 11) is 0. The van der Waals surface area contributed by atoms with E-state index in [1.54, 1.807) is 0 Å². The molecule has 0 aromatic heterocycles. The predicted molar refractivity (Wildman–Crippen MR) is 133 cm³/mol. The average molecular weight is 452 g/mol. The van der Waals surface area contributed by atoms with Crippen LogP contribution >= 0.6 is 0 Å². The van der Waals surface area contributed by atoms with Crippen LogP contribution in [-0.2, 0) is 14.4 Å². The summed E-state index contributed by atoms with van der Waals surface area (Å²) >= 11 is 0. The largest absolute Gasteiger partial charge is 0.356 e. The lowest BCUT2D eigenvalue weighted by molar-refractivity contribution is -0.129. The predicted octanol–water partition coefficient (Wildman–Crippen LogP) is 5.17. The summed E-state index contributed by atoms with van der Waals surface area (Å²) in [6, 6.07) is -0.657. The molecule has 1 atom stereocenters. The van der Waals surface area contributed by atoms with E-state index < -0.39 is 6.04 Å². The normalized spacial score (nSPS) is 12.0. The Morgan fingerprint density at radius 2 is 1.25 bits per heavy atom. The highest BCUT2D eigenvalue weighted by atomic mass is 16.2. The van der Waals surface area contributed by atoms with Crippen molar-refractivity contribution in [2.24, 2.45) is 0 Å². The summed E-state index contributed by atoms with van der Waals surface area (Å²) in [5.74, 6) is -0.394. The molecule has 0 fully saturated rings. The Morgan fingerprint density at radius 1 is 0.656 bits per heavy atom. The van der Waals surface area contributed by atoms with Crippen LogP contribution in [0.3, 0.4) is 0 Å². The van der Waals surface area contributed by atoms with Gasteiger partial charge < -0.3 is 16.0 Å². The highest BCUT2D eigenvalue weighted by molar-refractivity contribution is 5.88. The average Bonchev–Trinajstić information content (AvgIpc) is 2.78. The molecule has 0 heterocycles. The van der Waals surface area contributed by atoms with Gasteiger partial charge in [0, 0.05) is 25.9 Å². The summed E-state index contributed by atoms with van der Waals surface area (Å²) < 4.78 is 0. The molecule has 0 aliphatic rings. The third-order valence-electron chi connectivity index (χ3n) is 5.41. The Morgan fingerprint density at radius 3 is 1.91 bits per heavy atom. The molecule has 0 bridgehead atoms. The topological polar surface area (TPSA) is 87.3 Å². The number of allylic oxidation sites excluding steroid dienone is 2. The van der Waals surface area contributed by atoms with Crippen molar-refractivity contribution in [2.45, 2.75) is 123 Å². The van der Waals surface area contributed by atoms with Crippen molar-refractivity contribution >= 4 is 17.7 Å². The molecule has 0 saturated carbocycles. The van der Waals surface area contributed by atoms with E-state index in [1.807, 2.05) is 0 Å². The highest BCUT2D eigenvalue weighted by Gasteiger charge is 2.21. The van der Waals surface area contributed by atoms with E-state index in [0.717, 1.165) is 44.9 Å². The molecule has 186 valence electrons. The van der Waals surface area contributed by atoms with Gasteiger partial charge in [-0.25, -0.2) is 0 Å². The van der Waals surface area contributed by atoms with Crippen LogP contribution in [0.4, 0.5) is 0 Å². The van der Waals surface area contributed by atoms with Crippen molar-refractivity contribution in [1.29, 1.82) is 0 Å². The number of hydrogen-bond donors (Lipinski definition) is 3. The quantitative estimate of drug-likeness (QED) is 0.166. The molecule has 6 nitrogen and oxygen atoms in total. The molecule has 0 aliphatic carbocycles. The fraction of sp³-hybridized carbons (Fsp3) is 0.808. The van der Waals surface area contributed by atoms with E-state index in [9.17, 15) is 14.4 Å². The maximum Gasteiger partial charge on any atom is 0.242 e. The Kier molecular flexibility index (Phi) is 21.1. The van der Waals surface area contributed by atoms with Gasteiger partial charge in [-0.2, -0.15) is 0 Å². The highest BCUT2D eigenvalue weighted by Crippen LogP contribution is 2.07. The minimum atomic E-state index is -0.657. The third-order valence-corrected chi connectivity index (χ3v) is 5.41. The van der Waals surface area contributed by atoms with E-state index in [-0.39, 0.29) is 24.1 Å². The number of hydrogen-bond acceptors (Lipinski definition) is 3. The Labute approximate surface area is 196 Å². The monoisotopic (exact) mass is 451 g/mol. The molecule has 6 heteroatoms. The second-order valence-corrected chi connectivity index (χ2v) is 8.57. The molecule has 0 saturated heterocycles. The summed E-state index contributed by atoms with van der Waals surface area (Å²) in [5.41, 5.74) is 0. The van der Waals surface area contributed by atoms with Gasteiger partial charge in [0.05, 0.1) is 0 Å². The van der Waals surface area contributed by atoms with Crippen LogP contribution in [0.25, 0.3) is 0 Å². The number of unbranched alkanes of at least 4 members (excludes halogenated alkanes) is 8. The van der Waals surface area contributed by atoms with Crippen molar-refractivity contribution in [2.75, 3.05) is 13.1 Å². The van der Waals surface area contributed by atoms with Gasteiger partial charge in [0.15, 0.2) is 0 Å². The zero-order valence-electron chi connectivity index (χ0n) is 21.0. The first kappa shape index (κ1) is 30.1. The zero-order valence-corrected chi connectivity index (χ0v) is 21.0. The molecule has 0 aromatic carbocycles. The molecule has 0 rings (SSSR count). The lowest BCUT2D eigenvalue weighted by Crippen LogP contribution is -2.47. The van der Waals surface area contributed by atoms with Crippen LogP contribution in [0, 0.1) is 0 Å². The zero-order chi connectivity index (χ0) is 23.9. The molecule has 32 heavy (non-hydrogen) atoms. The molecule has 0 unspecified atom stereocenters. The molecule has 0 aliphatic heterocycles. The van der Waals surface area contributed by atoms with Crippen molar-refractivity contribution in [3.63, 3.8) is 0 Å². The number of nitrogens with one attached hydrogen (secondary N) is 3. The first-order valence-electron chi connectivity index (χ1n) is 13.0. The van der Waals surface area contributed by atoms with E-state index in [0.29, 0.717) is 25.9 Å². The smallest absolute Gasteiger partial charge is 0.242 e. The SMILES string of the molecule is CCCCCCC/C=C/CCCC(=O)N[C@@H](CCC(=O)NCCCC)C(=O)NCCCC. The maximum atomic E-state index is 12.5.